The molecule has 3 atom stereocenters. The van der Waals surface area contributed by atoms with Crippen molar-refractivity contribution in [1.82, 2.24) is 30.3 Å². The van der Waals surface area contributed by atoms with Gasteiger partial charge in [-0.15, -0.1) is 0 Å². The van der Waals surface area contributed by atoms with Gasteiger partial charge in [-0.2, -0.15) is 4.98 Å². The van der Waals surface area contributed by atoms with Crippen molar-refractivity contribution >= 4 is 11.8 Å². The molecule has 4 rings (SSSR count). The average Bonchev–Trinajstić information content (AvgIpc) is 3.55. The summed E-state index contributed by atoms with van der Waals surface area (Å²) < 4.78 is 5.51. The van der Waals surface area contributed by atoms with Crippen molar-refractivity contribution in [2.75, 3.05) is 6.54 Å². The van der Waals surface area contributed by atoms with E-state index in [-0.39, 0.29) is 17.7 Å². The third-order valence-corrected chi connectivity index (χ3v) is 5.65. The number of hydrogen-bond donors (Lipinski definition) is 3. The zero-order chi connectivity index (χ0) is 22.5. The van der Waals surface area contributed by atoms with Gasteiger partial charge in [0.25, 0.3) is 0 Å². The Morgan fingerprint density at radius 3 is 2.84 bits per heavy atom. The van der Waals surface area contributed by atoms with Crippen LogP contribution in [0.15, 0.2) is 47.4 Å². The molecule has 1 aliphatic heterocycles. The molecule has 4 N–H and O–H groups in total. The molecule has 0 aliphatic carbocycles. The quantitative estimate of drug-likeness (QED) is 0.489. The number of rotatable bonds is 8. The van der Waals surface area contributed by atoms with E-state index in [0.29, 0.717) is 31.6 Å². The minimum atomic E-state index is -0.557. The van der Waals surface area contributed by atoms with E-state index >= 15 is 0 Å². The summed E-state index contributed by atoms with van der Waals surface area (Å²) in [5.74, 6) is 0.614. The topological polar surface area (TPSA) is 143 Å². The maximum atomic E-state index is 13.0. The Hall–Kier alpha value is -3.53. The summed E-state index contributed by atoms with van der Waals surface area (Å²) in [4.78, 5) is 38.0. The normalized spacial score (nSPS) is 17.8. The van der Waals surface area contributed by atoms with Crippen LogP contribution in [0.5, 0.6) is 0 Å². The molecule has 0 saturated carbocycles. The molecule has 1 saturated heterocycles. The van der Waals surface area contributed by atoms with E-state index in [9.17, 15) is 9.59 Å². The largest absolute Gasteiger partial charge is 0.348 e. The van der Waals surface area contributed by atoms with Crippen molar-refractivity contribution in [3.05, 3.63) is 65.8 Å². The predicted octanol–water partition coefficient (Wildman–Crippen LogP) is 2.08. The van der Waals surface area contributed by atoms with E-state index in [0.717, 1.165) is 17.7 Å². The Labute approximate surface area is 185 Å². The molecule has 0 radical (unpaired) electrons. The second-order valence-corrected chi connectivity index (χ2v) is 8.03. The molecule has 1 fully saturated rings. The first-order valence-corrected chi connectivity index (χ1v) is 10.7. The number of carbonyl (C=O) groups excluding carboxylic acids is 2. The third kappa shape index (κ3) is 5.02. The van der Waals surface area contributed by atoms with Crippen LogP contribution < -0.4 is 11.1 Å². The molecule has 10 nitrogen and oxygen atoms in total. The van der Waals surface area contributed by atoms with Crippen LogP contribution >= 0.6 is 0 Å². The maximum absolute atomic E-state index is 13.0. The van der Waals surface area contributed by atoms with E-state index in [1.165, 1.54) is 6.92 Å². The number of nitrogens with one attached hydrogen (secondary N) is 2. The number of urea groups is 1. The smallest absolute Gasteiger partial charge is 0.318 e. The highest BCUT2D eigenvalue weighted by Crippen LogP contribution is 2.23. The van der Waals surface area contributed by atoms with Crippen LogP contribution in [-0.2, 0) is 17.6 Å². The van der Waals surface area contributed by atoms with Crippen LogP contribution in [-0.4, -0.2) is 49.4 Å². The maximum Gasteiger partial charge on any atom is 0.318 e. The fourth-order valence-electron chi connectivity index (χ4n) is 3.98. The molecular formula is C22H27N7O3. The van der Waals surface area contributed by atoms with Crippen LogP contribution in [0.3, 0.4) is 0 Å². The number of H-pyrrole nitrogens is 1. The number of imidazole rings is 1. The molecule has 1 unspecified atom stereocenters. The van der Waals surface area contributed by atoms with Crippen molar-refractivity contribution in [2.45, 2.75) is 50.7 Å². The van der Waals surface area contributed by atoms with E-state index in [1.807, 2.05) is 30.3 Å². The van der Waals surface area contributed by atoms with Gasteiger partial charge in [0.05, 0.1) is 18.4 Å². The highest BCUT2D eigenvalue weighted by molar-refractivity contribution is 5.87. The van der Waals surface area contributed by atoms with Gasteiger partial charge in [0, 0.05) is 31.3 Å². The first-order chi connectivity index (χ1) is 15.5. The summed E-state index contributed by atoms with van der Waals surface area (Å²) in [5, 5.41) is 7.03. The second-order valence-electron chi connectivity index (χ2n) is 8.03. The fourth-order valence-corrected chi connectivity index (χ4v) is 3.98. The van der Waals surface area contributed by atoms with Gasteiger partial charge in [-0.3, -0.25) is 4.79 Å². The fraction of sp³-hybridized carbons (Fsp3) is 0.409. The van der Waals surface area contributed by atoms with E-state index in [4.69, 9.17) is 10.3 Å². The number of likely N-dealkylation sites (tertiary alicyclic amines) is 1. The SMILES string of the molecule is CC(=O)C1CCCN1C(=O)N[C@@H](Cc1ccccc1)c1nc([C@@H](N)Cc2cnc[nH]2)no1. The molecule has 10 heteroatoms. The molecule has 0 spiro atoms. The third-order valence-electron chi connectivity index (χ3n) is 5.65. The van der Waals surface area contributed by atoms with Gasteiger partial charge < -0.3 is 25.5 Å². The molecule has 3 aromatic rings. The van der Waals surface area contributed by atoms with Gasteiger partial charge in [0.2, 0.25) is 5.89 Å². The molecule has 2 aromatic heterocycles. The molecule has 0 bridgehead atoms. The molecule has 2 amide bonds. The number of amides is 2. The Bertz CT molecular complexity index is 1030. The van der Waals surface area contributed by atoms with E-state index < -0.39 is 18.1 Å². The zero-order valence-corrected chi connectivity index (χ0v) is 17.9. The number of carbonyl (C=O) groups is 2. The lowest BCUT2D eigenvalue weighted by Gasteiger charge is -2.25. The highest BCUT2D eigenvalue weighted by Gasteiger charge is 2.34. The van der Waals surface area contributed by atoms with Crippen molar-refractivity contribution in [3.63, 3.8) is 0 Å². The van der Waals surface area contributed by atoms with Gasteiger partial charge in [-0.25, -0.2) is 9.78 Å². The van der Waals surface area contributed by atoms with Gasteiger partial charge in [-0.05, 0) is 25.3 Å². The van der Waals surface area contributed by atoms with Crippen molar-refractivity contribution in [3.8, 4) is 0 Å². The Morgan fingerprint density at radius 2 is 2.12 bits per heavy atom. The number of hydrogen-bond acceptors (Lipinski definition) is 7. The second kappa shape index (κ2) is 9.73. The molecule has 1 aliphatic rings. The summed E-state index contributed by atoms with van der Waals surface area (Å²) in [6.07, 6.45) is 5.70. The number of aromatic nitrogens is 4. The molecule has 1 aromatic carbocycles. The first-order valence-electron chi connectivity index (χ1n) is 10.7. The van der Waals surface area contributed by atoms with Gasteiger partial charge in [-0.1, -0.05) is 35.5 Å². The molecule has 3 heterocycles. The summed E-state index contributed by atoms with van der Waals surface area (Å²) in [7, 11) is 0. The van der Waals surface area contributed by atoms with Gasteiger partial charge in [0.15, 0.2) is 11.6 Å². The average molecular weight is 438 g/mol. The summed E-state index contributed by atoms with van der Waals surface area (Å²) in [5.41, 5.74) is 8.11. The van der Waals surface area contributed by atoms with Crippen LogP contribution in [0.2, 0.25) is 0 Å². The number of nitrogens with zero attached hydrogens (tertiary/aromatic N) is 4. The molecule has 32 heavy (non-hydrogen) atoms. The zero-order valence-electron chi connectivity index (χ0n) is 17.9. The Balaban J connectivity index is 1.52. The van der Waals surface area contributed by atoms with Crippen molar-refractivity contribution in [2.24, 2.45) is 5.73 Å². The van der Waals surface area contributed by atoms with Gasteiger partial charge >= 0.3 is 6.03 Å². The first kappa shape index (κ1) is 21.7. The number of aromatic amines is 1. The number of benzene rings is 1. The van der Waals surface area contributed by atoms with Crippen LogP contribution in [0.4, 0.5) is 4.79 Å². The summed E-state index contributed by atoms with van der Waals surface area (Å²) in [6.45, 7) is 2.06. The van der Waals surface area contributed by atoms with Gasteiger partial charge in [0.1, 0.15) is 6.04 Å². The Kier molecular flexibility index (Phi) is 6.60. The molecule has 168 valence electrons. The summed E-state index contributed by atoms with van der Waals surface area (Å²) >= 11 is 0. The van der Waals surface area contributed by atoms with E-state index in [1.54, 1.807) is 17.4 Å². The van der Waals surface area contributed by atoms with Crippen molar-refractivity contribution in [1.29, 1.82) is 0 Å². The van der Waals surface area contributed by atoms with Crippen LogP contribution in [0.25, 0.3) is 0 Å². The lowest BCUT2D eigenvalue weighted by Crippen LogP contribution is -2.46. The minimum absolute atomic E-state index is 0.0119. The monoisotopic (exact) mass is 437 g/mol. The summed E-state index contributed by atoms with van der Waals surface area (Å²) in [6, 6.07) is 7.97. The number of ketones is 1. The Morgan fingerprint density at radius 1 is 1.31 bits per heavy atom. The van der Waals surface area contributed by atoms with Crippen molar-refractivity contribution < 1.29 is 14.1 Å². The minimum Gasteiger partial charge on any atom is -0.348 e. The standard InChI is InChI=1S/C22H27N7O3/c1-14(30)19-8-5-9-29(19)22(31)26-18(10-15-6-3-2-4-7-15)21-27-20(28-32-21)17(23)11-16-12-24-13-25-16/h2-4,6-7,12-13,17-19H,5,8-11,23H2,1H3,(H,24,25)(H,26,31)/t17-,18-,19?/m0/s1. The van der Waals surface area contributed by atoms with E-state index in [2.05, 4.69) is 25.4 Å². The number of Topliss-reactive ketones (excluding diaryl/α,β-unsaturated/α-hetero) is 1. The lowest BCUT2D eigenvalue weighted by molar-refractivity contribution is -0.120. The van der Waals surface area contributed by atoms with Crippen LogP contribution in [0.1, 0.15) is 54.8 Å². The lowest BCUT2D eigenvalue weighted by atomic mass is 10.1. The predicted molar refractivity (Wildman–Crippen MR) is 115 cm³/mol. The highest BCUT2D eigenvalue weighted by atomic mass is 16.5. The van der Waals surface area contributed by atoms with Crippen LogP contribution in [0, 0.1) is 0 Å². The molecular weight excluding hydrogens is 410 g/mol. The number of nitrogens with two attached hydrogens (primary N) is 1.